The third-order valence-corrected chi connectivity index (χ3v) is 5.80. The largest absolute Gasteiger partial charge is 0.496 e. The van der Waals surface area contributed by atoms with Gasteiger partial charge in [-0.15, -0.1) is 0 Å². The Bertz CT molecular complexity index is 738. The summed E-state index contributed by atoms with van der Waals surface area (Å²) in [6.07, 6.45) is 1.76. The van der Waals surface area contributed by atoms with E-state index in [9.17, 15) is 0 Å². The maximum Gasteiger partial charge on any atom is 0.160 e. The van der Waals surface area contributed by atoms with E-state index in [0.29, 0.717) is 12.3 Å². The molecule has 136 valence electrons. The number of ether oxygens (including phenoxy) is 2. The monoisotopic (exact) mass is 441 g/mol. The minimum atomic E-state index is 0.0899. The first kappa shape index (κ1) is 20.8. The van der Waals surface area contributed by atoms with Crippen molar-refractivity contribution in [3.63, 3.8) is 0 Å². The lowest BCUT2D eigenvalue weighted by atomic mass is 10.1. The van der Waals surface area contributed by atoms with E-state index < -0.39 is 0 Å². The molecule has 2 rings (SSSR count). The first-order valence-corrected chi connectivity index (χ1v) is 9.29. The molecule has 0 unspecified atom stereocenters. The molecule has 0 amide bonds. The second-order valence-corrected chi connectivity index (χ2v) is 7.12. The lowest BCUT2D eigenvalue weighted by Gasteiger charge is -2.16. The highest BCUT2D eigenvalue weighted by Gasteiger charge is 2.21. The van der Waals surface area contributed by atoms with Gasteiger partial charge in [-0.3, -0.25) is 0 Å². The predicted octanol–water partition coefficient (Wildman–Crippen LogP) is 6.43. The molecule has 0 radical (unpaired) electrons. The number of hydrogen-bond acceptors (Lipinski definition) is 3. The molecule has 0 bridgehead atoms. The third kappa shape index (κ3) is 4.79. The Labute approximate surface area is 171 Å². The Morgan fingerprint density at radius 1 is 0.920 bits per heavy atom. The molecule has 2 aromatic carbocycles. The van der Waals surface area contributed by atoms with Crippen LogP contribution >= 0.6 is 58.0 Å². The number of nitrogens with two attached hydrogens (primary N) is 1. The minimum Gasteiger partial charge on any atom is -0.496 e. The summed E-state index contributed by atoms with van der Waals surface area (Å²) >= 11 is 30.5. The standard InChI is InChI=1S/C17H16Cl5NO2/c1-24-11-5-4-9(3-2-6-23)7-10(11)8-25-17-15(21)13(19)12(18)14(20)16(17)22/h4-5,7H,2-3,6,8,23H2,1H3. The van der Waals surface area contributed by atoms with Gasteiger partial charge in [-0.1, -0.05) is 64.1 Å². The van der Waals surface area contributed by atoms with Crippen LogP contribution in [0.4, 0.5) is 0 Å². The number of methoxy groups -OCH3 is 1. The molecule has 0 heterocycles. The smallest absolute Gasteiger partial charge is 0.160 e. The SMILES string of the molecule is COc1ccc(CCCN)cc1COc1c(Cl)c(Cl)c(Cl)c(Cl)c1Cl. The zero-order valence-corrected chi connectivity index (χ0v) is 17.1. The molecule has 0 aliphatic heterocycles. The van der Waals surface area contributed by atoms with Gasteiger partial charge in [0.1, 0.15) is 22.4 Å². The van der Waals surface area contributed by atoms with Gasteiger partial charge in [0.05, 0.1) is 22.2 Å². The Morgan fingerprint density at radius 3 is 2.08 bits per heavy atom. The van der Waals surface area contributed by atoms with Gasteiger partial charge in [-0.2, -0.15) is 0 Å². The number of benzene rings is 2. The molecule has 0 fully saturated rings. The molecule has 0 spiro atoms. The van der Waals surface area contributed by atoms with E-state index in [2.05, 4.69) is 0 Å². The maximum atomic E-state index is 6.19. The molecule has 0 saturated heterocycles. The Hall–Kier alpha value is -0.550. The van der Waals surface area contributed by atoms with Crippen molar-refractivity contribution in [2.24, 2.45) is 5.73 Å². The van der Waals surface area contributed by atoms with E-state index in [0.717, 1.165) is 24.0 Å². The zero-order chi connectivity index (χ0) is 18.6. The molecule has 0 aromatic heterocycles. The maximum absolute atomic E-state index is 6.19. The van der Waals surface area contributed by atoms with Gasteiger partial charge in [0.15, 0.2) is 5.75 Å². The van der Waals surface area contributed by atoms with Crippen molar-refractivity contribution in [1.29, 1.82) is 0 Å². The van der Waals surface area contributed by atoms with Gasteiger partial charge >= 0.3 is 0 Å². The summed E-state index contributed by atoms with van der Waals surface area (Å²) in [6, 6.07) is 5.87. The summed E-state index contributed by atoms with van der Waals surface area (Å²) in [4.78, 5) is 0. The predicted molar refractivity (Wildman–Crippen MR) is 106 cm³/mol. The first-order chi connectivity index (χ1) is 11.9. The van der Waals surface area contributed by atoms with Crippen LogP contribution in [-0.2, 0) is 13.0 Å². The lowest BCUT2D eigenvalue weighted by Crippen LogP contribution is -2.03. The van der Waals surface area contributed by atoms with Gasteiger partial charge < -0.3 is 15.2 Å². The quantitative estimate of drug-likeness (QED) is 0.396. The van der Waals surface area contributed by atoms with E-state index >= 15 is 0 Å². The van der Waals surface area contributed by atoms with E-state index in [1.165, 1.54) is 0 Å². The van der Waals surface area contributed by atoms with Gasteiger partial charge in [-0.25, -0.2) is 0 Å². The summed E-state index contributed by atoms with van der Waals surface area (Å²) in [6.45, 7) is 0.804. The highest BCUT2D eigenvalue weighted by molar-refractivity contribution is 6.55. The highest BCUT2D eigenvalue weighted by Crippen LogP contribution is 2.48. The zero-order valence-electron chi connectivity index (χ0n) is 13.3. The van der Waals surface area contributed by atoms with Crippen molar-refractivity contribution in [2.75, 3.05) is 13.7 Å². The summed E-state index contributed by atoms with van der Waals surface area (Å²) < 4.78 is 11.2. The van der Waals surface area contributed by atoms with Crippen LogP contribution in [0.25, 0.3) is 0 Å². The summed E-state index contributed by atoms with van der Waals surface area (Å²) in [5, 5.41) is 0.499. The fourth-order valence-electron chi connectivity index (χ4n) is 2.27. The molecule has 2 N–H and O–H groups in total. The molecule has 25 heavy (non-hydrogen) atoms. The van der Waals surface area contributed by atoms with Crippen LogP contribution in [0.1, 0.15) is 17.5 Å². The Morgan fingerprint density at radius 2 is 1.52 bits per heavy atom. The number of hydrogen-bond donors (Lipinski definition) is 1. The van der Waals surface area contributed by atoms with Crippen molar-refractivity contribution in [3.8, 4) is 11.5 Å². The summed E-state index contributed by atoms with van der Waals surface area (Å²) in [5.74, 6) is 0.868. The van der Waals surface area contributed by atoms with Gasteiger partial charge in [0, 0.05) is 5.56 Å². The topological polar surface area (TPSA) is 44.5 Å². The Balaban J connectivity index is 2.29. The summed E-state index contributed by atoms with van der Waals surface area (Å²) in [5.41, 5.74) is 7.54. The molecule has 2 aromatic rings. The van der Waals surface area contributed by atoms with Crippen LogP contribution in [0.2, 0.25) is 25.1 Å². The van der Waals surface area contributed by atoms with Crippen LogP contribution < -0.4 is 15.2 Å². The van der Waals surface area contributed by atoms with Crippen LogP contribution in [0, 0.1) is 0 Å². The average Bonchev–Trinajstić information content (AvgIpc) is 2.63. The molecule has 8 heteroatoms. The van der Waals surface area contributed by atoms with Crippen molar-refractivity contribution in [3.05, 3.63) is 54.4 Å². The van der Waals surface area contributed by atoms with E-state index in [-0.39, 0.29) is 37.5 Å². The van der Waals surface area contributed by atoms with Crippen LogP contribution in [0.15, 0.2) is 18.2 Å². The second-order valence-electron chi connectivity index (χ2n) is 5.23. The van der Waals surface area contributed by atoms with Crippen LogP contribution in [0.5, 0.6) is 11.5 Å². The van der Waals surface area contributed by atoms with E-state index in [1.807, 2.05) is 18.2 Å². The number of rotatable bonds is 7. The van der Waals surface area contributed by atoms with Gasteiger partial charge in [0.25, 0.3) is 0 Å². The van der Waals surface area contributed by atoms with E-state index in [1.54, 1.807) is 7.11 Å². The first-order valence-electron chi connectivity index (χ1n) is 7.40. The van der Waals surface area contributed by atoms with Crippen LogP contribution in [-0.4, -0.2) is 13.7 Å². The second kappa shape index (κ2) is 9.40. The molecule has 0 aliphatic rings. The fraction of sp³-hybridized carbons (Fsp3) is 0.294. The van der Waals surface area contributed by atoms with Gasteiger partial charge in [0.2, 0.25) is 0 Å². The van der Waals surface area contributed by atoms with Gasteiger partial charge in [-0.05, 0) is 37.1 Å². The number of halogens is 5. The molecular formula is C17H16Cl5NO2. The normalized spacial score (nSPS) is 10.8. The van der Waals surface area contributed by atoms with Crippen molar-refractivity contribution in [2.45, 2.75) is 19.4 Å². The minimum absolute atomic E-state index is 0.0899. The third-order valence-electron chi connectivity index (χ3n) is 3.56. The average molecular weight is 444 g/mol. The Kier molecular flexibility index (Phi) is 7.81. The van der Waals surface area contributed by atoms with Crippen LogP contribution in [0.3, 0.4) is 0 Å². The highest BCUT2D eigenvalue weighted by atomic mass is 35.5. The lowest BCUT2D eigenvalue weighted by molar-refractivity contribution is 0.297. The number of aryl methyl sites for hydroxylation is 1. The summed E-state index contributed by atoms with van der Waals surface area (Å²) in [7, 11) is 1.59. The fourth-order valence-corrected chi connectivity index (χ4v) is 3.50. The molecule has 0 atom stereocenters. The van der Waals surface area contributed by atoms with Crippen molar-refractivity contribution in [1.82, 2.24) is 0 Å². The molecular weight excluding hydrogens is 427 g/mol. The van der Waals surface area contributed by atoms with Crippen molar-refractivity contribution >= 4 is 58.0 Å². The molecule has 0 aliphatic carbocycles. The van der Waals surface area contributed by atoms with E-state index in [4.69, 9.17) is 73.2 Å². The molecule has 3 nitrogen and oxygen atoms in total. The van der Waals surface area contributed by atoms with Crippen molar-refractivity contribution < 1.29 is 9.47 Å². The molecule has 0 saturated carbocycles.